The quantitative estimate of drug-likeness (QED) is 0.0407. The minimum atomic E-state index is -4.88. The van der Waals surface area contributed by atoms with Crippen LogP contribution in [0.15, 0.2) is 119 Å². The van der Waals surface area contributed by atoms with Gasteiger partial charge >= 0.3 is 25.5 Å². The summed E-state index contributed by atoms with van der Waals surface area (Å²) < 4.78 is 60.2. The maximum Gasteiger partial charge on any atom is 0.533 e. The highest BCUT2D eigenvalue weighted by atomic mass is 31.2. The van der Waals surface area contributed by atoms with Crippen molar-refractivity contribution in [2.75, 3.05) is 13.4 Å². The summed E-state index contributed by atoms with van der Waals surface area (Å²) in [6.07, 6.45) is -3.75. The highest BCUT2D eigenvalue weighted by molar-refractivity contribution is 7.49. The highest BCUT2D eigenvalue weighted by Crippen LogP contribution is 2.53. The molecule has 1 fully saturated rings. The number of rotatable bonds is 16. The lowest BCUT2D eigenvalue weighted by Crippen LogP contribution is -2.42. The average Bonchev–Trinajstić information content (AvgIpc) is 3.48. The van der Waals surface area contributed by atoms with Gasteiger partial charge in [-0.15, -0.1) is 0 Å². The number of phosphoric acid groups is 1. The van der Waals surface area contributed by atoms with Gasteiger partial charge in [0.15, 0.2) is 12.3 Å². The van der Waals surface area contributed by atoms with Gasteiger partial charge in [-0.3, -0.25) is 18.9 Å². The molecule has 53 heavy (non-hydrogen) atoms. The molecule has 4 aromatic rings. The van der Waals surface area contributed by atoms with Gasteiger partial charge in [-0.2, -0.15) is 0 Å². The van der Waals surface area contributed by atoms with Crippen LogP contribution >= 0.6 is 7.82 Å². The first-order valence-electron chi connectivity index (χ1n) is 15.9. The molecule has 1 aromatic heterocycles. The fraction of sp³-hybridized carbons (Fsp3) is 0.257. The Balaban J connectivity index is 1.55. The van der Waals surface area contributed by atoms with E-state index in [9.17, 15) is 23.7 Å². The van der Waals surface area contributed by atoms with E-state index in [1.165, 1.54) is 36.4 Å². The van der Waals surface area contributed by atoms with E-state index in [2.05, 4.69) is 4.98 Å². The molecule has 0 saturated carbocycles. The average molecular weight is 748 g/mol. The van der Waals surface area contributed by atoms with Gasteiger partial charge in [0.05, 0.1) is 16.7 Å². The van der Waals surface area contributed by atoms with E-state index in [0.29, 0.717) is 11.8 Å². The van der Waals surface area contributed by atoms with E-state index in [-0.39, 0.29) is 16.9 Å². The first-order chi connectivity index (χ1) is 25.4. The molecule has 16 nitrogen and oxygen atoms in total. The Labute approximate surface area is 303 Å². The molecule has 1 aliphatic heterocycles. The summed E-state index contributed by atoms with van der Waals surface area (Å²) in [7, 11) is 0.542. The predicted octanol–water partition coefficient (Wildman–Crippen LogP) is 4.44. The number of carbonyl (C=O) groups is 2. The molecule has 0 spiro atoms. The van der Waals surface area contributed by atoms with Crippen LogP contribution in [0.5, 0.6) is 5.75 Å². The van der Waals surface area contributed by atoms with Crippen molar-refractivity contribution < 1.29 is 56.4 Å². The van der Waals surface area contributed by atoms with E-state index in [0.717, 1.165) is 23.1 Å². The number of nitrogens with zero attached hydrogens (tertiary/aromatic N) is 1. The SMILES string of the molecule is [B]OC(C)(C)c1ccc(OP(=O)(OCO/C=C/O)OC2C(COC(=O)c3ccccc3)OC(n3ccc(=O)[nH]c3=O)C2OC(=O)c2ccccc2)cc1. The first kappa shape index (κ1) is 38.8. The first-order valence-corrected chi connectivity index (χ1v) is 17.4. The Morgan fingerprint density at radius 3 is 2.19 bits per heavy atom. The lowest BCUT2D eigenvalue weighted by Gasteiger charge is -2.28. The van der Waals surface area contributed by atoms with Crippen LogP contribution in [0, 0.1) is 0 Å². The van der Waals surface area contributed by atoms with Crippen LogP contribution in [0.4, 0.5) is 0 Å². The zero-order chi connectivity index (χ0) is 38.0. The maximum absolute atomic E-state index is 14.5. The summed E-state index contributed by atoms with van der Waals surface area (Å²) >= 11 is 0. The van der Waals surface area contributed by atoms with Gasteiger partial charge in [-0.1, -0.05) is 48.5 Å². The Kier molecular flexibility index (Phi) is 12.7. The van der Waals surface area contributed by atoms with Gasteiger partial charge in [0.2, 0.25) is 6.79 Å². The van der Waals surface area contributed by atoms with Gasteiger partial charge in [0.1, 0.15) is 37.1 Å². The molecule has 0 amide bonds. The summed E-state index contributed by atoms with van der Waals surface area (Å²) in [6.45, 7) is 2.08. The number of H-pyrrole nitrogens is 1. The van der Waals surface area contributed by atoms with Gasteiger partial charge in [0.25, 0.3) is 13.6 Å². The number of aromatic nitrogens is 2. The van der Waals surface area contributed by atoms with Gasteiger partial charge < -0.3 is 33.2 Å². The van der Waals surface area contributed by atoms with E-state index < -0.39 is 74.6 Å². The van der Waals surface area contributed by atoms with Gasteiger partial charge in [-0.25, -0.2) is 23.5 Å². The Morgan fingerprint density at radius 1 is 0.943 bits per heavy atom. The number of aromatic amines is 1. The number of carbonyl (C=O) groups excluding carboxylic acids is 2. The third kappa shape index (κ3) is 9.91. The number of ether oxygens (including phenoxy) is 4. The lowest BCUT2D eigenvalue weighted by molar-refractivity contribution is -0.0637. The number of esters is 2. The summed E-state index contributed by atoms with van der Waals surface area (Å²) in [5, 5.41) is 9.02. The van der Waals surface area contributed by atoms with Crippen molar-refractivity contribution in [1.29, 1.82) is 0 Å². The van der Waals surface area contributed by atoms with Crippen LogP contribution < -0.4 is 15.8 Å². The molecular weight excluding hydrogens is 714 g/mol. The smallest absolute Gasteiger partial charge is 0.512 e. The summed E-state index contributed by atoms with van der Waals surface area (Å²) in [5.41, 5.74) is -1.64. The third-order valence-electron chi connectivity index (χ3n) is 7.80. The lowest BCUT2D eigenvalue weighted by atomic mass is 9.97. The molecule has 2 N–H and O–H groups in total. The Morgan fingerprint density at radius 2 is 1.58 bits per heavy atom. The summed E-state index contributed by atoms with van der Waals surface area (Å²) in [6, 6.07) is 22.9. The van der Waals surface area contributed by atoms with Crippen LogP contribution in [-0.2, 0) is 42.8 Å². The van der Waals surface area contributed by atoms with Crippen molar-refractivity contribution >= 4 is 27.8 Å². The second kappa shape index (κ2) is 17.4. The zero-order valence-corrected chi connectivity index (χ0v) is 29.2. The van der Waals surface area contributed by atoms with E-state index in [4.69, 9.17) is 50.3 Å². The molecule has 2 radical (unpaired) electrons. The fourth-order valence-electron chi connectivity index (χ4n) is 5.05. The van der Waals surface area contributed by atoms with Gasteiger partial charge in [-0.05, 0) is 55.8 Å². The number of benzene rings is 3. The highest BCUT2D eigenvalue weighted by Gasteiger charge is 2.54. The molecule has 3 aromatic carbocycles. The number of phosphoric ester groups is 1. The number of aliphatic hydroxyl groups is 1. The Hall–Kier alpha value is -5.45. The predicted molar refractivity (Wildman–Crippen MR) is 186 cm³/mol. The molecular formula is C35H34BN2O14P. The molecule has 1 saturated heterocycles. The molecule has 5 atom stereocenters. The van der Waals surface area contributed by atoms with Crippen molar-refractivity contribution in [1.82, 2.24) is 9.55 Å². The summed E-state index contributed by atoms with van der Waals surface area (Å²) in [5.74, 6) is -1.69. The standard InChI is InChI=1S/C35H34BN2O14P/c1-35(2,52-36)25-13-15-26(16-14-25)50-53(44,47-22-45-20-19-39)51-29-27(21-46-32(41)23-9-5-3-6-10-23)48-31(38-18-17-28(40)37-34(38)43)30(29)49-33(42)24-11-7-4-8-12-24/h3-20,27,29-31,39H,21-22H2,1-2H3,(H,37,40,43)/b20-19+. The summed E-state index contributed by atoms with van der Waals surface area (Å²) in [4.78, 5) is 53.6. The monoisotopic (exact) mass is 748 g/mol. The largest absolute Gasteiger partial charge is 0.533 e. The van der Waals surface area contributed by atoms with Crippen LogP contribution in [-0.4, -0.2) is 66.4 Å². The molecule has 1 aliphatic rings. The van der Waals surface area contributed by atoms with Crippen molar-refractivity contribution in [3.63, 3.8) is 0 Å². The number of nitrogens with one attached hydrogen (secondary N) is 1. The topological polar surface area (TPSA) is 200 Å². The molecule has 2 heterocycles. The van der Waals surface area contributed by atoms with Crippen molar-refractivity contribution in [3.05, 3.63) is 147 Å². The normalized spacial score (nSPS) is 19.7. The second-order valence-electron chi connectivity index (χ2n) is 11.7. The molecule has 18 heteroatoms. The molecule has 5 rings (SSSR count). The molecule has 0 bridgehead atoms. The van der Waals surface area contributed by atoms with Crippen molar-refractivity contribution in [2.24, 2.45) is 0 Å². The van der Waals surface area contributed by atoms with E-state index in [1.807, 2.05) is 0 Å². The zero-order valence-electron chi connectivity index (χ0n) is 28.3. The van der Waals surface area contributed by atoms with Crippen molar-refractivity contribution in [2.45, 2.75) is 44.0 Å². The van der Waals surface area contributed by atoms with E-state index in [1.54, 1.807) is 62.4 Å². The second-order valence-corrected chi connectivity index (χ2v) is 13.3. The van der Waals surface area contributed by atoms with Crippen LogP contribution in [0.2, 0.25) is 0 Å². The number of aliphatic hydroxyl groups excluding tert-OH is 1. The van der Waals surface area contributed by atoms with E-state index >= 15 is 0 Å². The third-order valence-corrected chi connectivity index (χ3v) is 9.16. The van der Waals surface area contributed by atoms with Gasteiger partial charge in [0, 0.05) is 12.3 Å². The van der Waals surface area contributed by atoms with Crippen LogP contribution in [0.25, 0.3) is 0 Å². The van der Waals surface area contributed by atoms with Crippen LogP contribution in [0.1, 0.15) is 46.4 Å². The minimum absolute atomic E-state index is 0.0280. The minimum Gasteiger partial charge on any atom is -0.512 e. The van der Waals surface area contributed by atoms with Crippen molar-refractivity contribution in [3.8, 4) is 5.75 Å². The number of hydrogen-bond donors (Lipinski definition) is 2. The Bertz CT molecular complexity index is 2040. The molecule has 276 valence electrons. The molecule has 5 unspecified atom stereocenters. The number of hydrogen-bond acceptors (Lipinski definition) is 14. The fourth-order valence-corrected chi connectivity index (χ4v) is 6.33. The van der Waals surface area contributed by atoms with Crippen LogP contribution in [0.3, 0.4) is 0 Å². The molecule has 0 aliphatic carbocycles. The maximum atomic E-state index is 14.5.